The predicted molar refractivity (Wildman–Crippen MR) is 121 cm³/mol. The van der Waals surface area contributed by atoms with Crippen molar-refractivity contribution in [2.45, 2.75) is 31.4 Å². The standard InChI is InChI=1S/C22H22Cl2N2S/c1-13(9-22-14(2)8-15(3)26-22)19-11-18(5-7-21(19)25)27-12-16-10-17(23)4-6-20(16)24/h4-11,26H,12,25H2,1-3H3/b13-9+. The molecule has 0 aliphatic carbocycles. The monoisotopic (exact) mass is 416 g/mol. The number of nitrogen functional groups attached to an aromatic ring is 1. The highest BCUT2D eigenvalue weighted by Crippen LogP contribution is 2.32. The first-order chi connectivity index (χ1) is 12.8. The Kier molecular flexibility index (Phi) is 6.25. The molecule has 3 aromatic rings. The summed E-state index contributed by atoms with van der Waals surface area (Å²) >= 11 is 14.1. The average Bonchev–Trinajstić information content (AvgIpc) is 2.93. The summed E-state index contributed by atoms with van der Waals surface area (Å²) in [5.74, 6) is 0.750. The third kappa shape index (κ3) is 4.92. The Morgan fingerprint density at radius 3 is 2.59 bits per heavy atom. The molecule has 0 radical (unpaired) electrons. The number of nitrogens with two attached hydrogens (primary N) is 1. The zero-order valence-corrected chi connectivity index (χ0v) is 17.9. The number of aromatic nitrogens is 1. The van der Waals surface area contributed by atoms with Crippen LogP contribution in [0.2, 0.25) is 10.0 Å². The Hall–Kier alpha value is -1.81. The van der Waals surface area contributed by atoms with Crippen molar-refractivity contribution in [1.29, 1.82) is 0 Å². The van der Waals surface area contributed by atoms with Gasteiger partial charge in [-0.05, 0) is 86.0 Å². The van der Waals surface area contributed by atoms with Gasteiger partial charge in [0.25, 0.3) is 0 Å². The highest BCUT2D eigenvalue weighted by Gasteiger charge is 2.08. The average molecular weight is 417 g/mol. The van der Waals surface area contributed by atoms with Crippen molar-refractivity contribution in [1.82, 2.24) is 4.98 Å². The lowest BCUT2D eigenvalue weighted by molar-refractivity contribution is 1.24. The van der Waals surface area contributed by atoms with Crippen LogP contribution in [0.4, 0.5) is 5.69 Å². The maximum atomic E-state index is 6.27. The van der Waals surface area contributed by atoms with Crippen LogP contribution in [0.1, 0.15) is 35.0 Å². The van der Waals surface area contributed by atoms with Gasteiger partial charge in [-0.25, -0.2) is 0 Å². The van der Waals surface area contributed by atoms with E-state index in [2.05, 4.69) is 44.0 Å². The molecule has 1 heterocycles. The lowest BCUT2D eigenvalue weighted by atomic mass is 10.0. The summed E-state index contributed by atoms with van der Waals surface area (Å²) in [4.78, 5) is 4.53. The number of benzene rings is 2. The minimum absolute atomic E-state index is 0.698. The number of thioether (sulfide) groups is 1. The molecule has 0 aliphatic rings. The Bertz CT molecular complexity index is 1010. The van der Waals surface area contributed by atoms with Gasteiger partial charge in [-0.1, -0.05) is 23.2 Å². The molecule has 1 aromatic heterocycles. The third-order valence-electron chi connectivity index (χ3n) is 4.40. The van der Waals surface area contributed by atoms with Gasteiger partial charge in [-0.3, -0.25) is 0 Å². The van der Waals surface area contributed by atoms with E-state index in [9.17, 15) is 0 Å². The number of allylic oxidation sites excluding steroid dienone is 1. The van der Waals surface area contributed by atoms with Gasteiger partial charge in [0, 0.05) is 43.3 Å². The first-order valence-corrected chi connectivity index (χ1v) is 10.4. The van der Waals surface area contributed by atoms with Gasteiger partial charge in [0.2, 0.25) is 0 Å². The number of aryl methyl sites for hydroxylation is 2. The smallest absolute Gasteiger partial charge is 0.0447 e. The van der Waals surface area contributed by atoms with Gasteiger partial charge < -0.3 is 10.7 Å². The number of rotatable bonds is 5. The lowest BCUT2D eigenvalue weighted by Crippen LogP contribution is -1.93. The molecule has 0 aliphatic heterocycles. The Morgan fingerprint density at radius 2 is 1.89 bits per heavy atom. The van der Waals surface area contributed by atoms with Gasteiger partial charge in [-0.15, -0.1) is 11.8 Å². The topological polar surface area (TPSA) is 41.8 Å². The van der Waals surface area contributed by atoms with Crippen molar-refractivity contribution in [2.24, 2.45) is 0 Å². The molecule has 0 amide bonds. The number of halogens is 2. The molecule has 140 valence electrons. The van der Waals surface area contributed by atoms with Crippen molar-refractivity contribution in [2.75, 3.05) is 5.73 Å². The molecule has 0 spiro atoms. The molecule has 0 unspecified atom stereocenters. The first kappa shape index (κ1) is 19.9. The van der Waals surface area contributed by atoms with Crippen LogP contribution in [0, 0.1) is 13.8 Å². The summed E-state index contributed by atoms with van der Waals surface area (Å²) in [6.07, 6.45) is 2.15. The van der Waals surface area contributed by atoms with Gasteiger partial charge in [-0.2, -0.15) is 0 Å². The molecule has 0 saturated heterocycles. The molecule has 0 atom stereocenters. The SMILES string of the molecule is C/C(=C\c1[nH]c(C)cc1C)c1cc(SCc2cc(Cl)ccc2Cl)ccc1N. The molecular weight excluding hydrogens is 395 g/mol. The highest BCUT2D eigenvalue weighted by molar-refractivity contribution is 7.98. The minimum atomic E-state index is 0.698. The van der Waals surface area contributed by atoms with Crippen molar-refractivity contribution < 1.29 is 0 Å². The van der Waals surface area contributed by atoms with E-state index >= 15 is 0 Å². The second-order valence-corrected chi connectivity index (χ2v) is 8.54. The molecule has 0 fully saturated rings. The van der Waals surface area contributed by atoms with Gasteiger partial charge in [0.1, 0.15) is 0 Å². The number of aromatic amines is 1. The fourth-order valence-electron chi connectivity index (χ4n) is 2.98. The maximum absolute atomic E-state index is 6.27. The van der Waals surface area contributed by atoms with E-state index in [-0.39, 0.29) is 0 Å². The van der Waals surface area contributed by atoms with Crippen molar-refractivity contribution >= 4 is 52.3 Å². The molecule has 27 heavy (non-hydrogen) atoms. The van der Waals surface area contributed by atoms with E-state index in [4.69, 9.17) is 28.9 Å². The van der Waals surface area contributed by atoms with E-state index < -0.39 is 0 Å². The summed E-state index contributed by atoms with van der Waals surface area (Å²) in [6, 6.07) is 13.8. The van der Waals surface area contributed by atoms with Gasteiger partial charge >= 0.3 is 0 Å². The summed E-state index contributed by atoms with van der Waals surface area (Å²) in [5, 5.41) is 1.43. The van der Waals surface area contributed by atoms with Crippen molar-refractivity contribution in [3.05, 3.63) is 80.6 Å². The largest absolute Gasteiger partial charge is 0.398 e. The van der Waals surface area contributed by atoms with Crippen LogP contribution in [0.25, 0.3) is 11.6 Å². The normalized spacial score (nSPS) is 11.8. The molecule has 3 rings (SSSR count). The summed E-state index contributed by atoms with van der Waals surface area (Å²) < 4.78 is 0. The van der Waals surface area contributed by atoms with Crippen LogP contribution in [-0.4, -0.2) is 4.98 Å². The predicted octanol–water partition coefficient (Wildman–Crippen LogP) is 7.37. The van der Waals surface area contributed by atoms with Crippen LogP contribution in [0.15, 0.2) is 47.4 Å². The second kappa shape index (κ2) is 8.47. The van der Waals surface area contributed by atoms with Crippen LogP contribution < -0.4 is 5.73 Å². The van der Waals surface area contributed by atoms with E-state index in [1.807, 2.05) is 24.3 Å². The zero-order chi connectivity index (χ0) is 19.6. The van der Waals surface area contributed by atoms with Crippen LogP contribution >= 0.6 is 35.0 Å². The van der Waals surface area contributed by atoms with E-state index in [0.717, 1.165) is 49.4 Å². The van der Waals surface area contributed by atoms with Gasteiger partial charge in [0.15, 0.2) is 0 Å². The van der Waals surface area contributed by atoms with Crippen LogP contribution in [-0.2, 0) is 5.75 Å². The molecule has 0 saturated carbocycles. The number of H-pyrrole nitrogens is 1. The van der Waals surface area contributed by atoms with Crippen LogP contribution in [0.5, 0.6) is 0 Å². The maximum Gasteiger partial charge on any atom is 0.0447 e. The lowest BCUT2D eigenvalue weighted by Gasteiger charge is -2.10. The van der Waals surface area contributed by atoms with E-state index in [1.165, 1.54) is 5.56 Å². The molecule has 3 N–H and O–H groups in total. The minimum Gasteiger partial charge on any atom is -0.398 e. The van der Waals surface area contributed by atoms with Crippen LogP contribution in [0.3, 0.4) is 0 Å². The van der Waals surface area contributed by atoms with Gasteiger partial charge in [0.05, 0.1) is 0 Å². The van der Waals surface area contributed by atoms with Crippen molar-refractivity contribution in [3.63, 3.8) is 0 Å². The number of nitrogens with one attached hydrogen (secondary N) is 1. The molecule has 2 nitrogen and oxygen atoms in total. The Morgan fingerprint density at radius 1 is 1.11 bits per heavy atom. The molecule has 2 aromatic carbocycles. The second-order valence-electron chi connectivity index (χ2n) is 6.65. The Labute approximate surface area is 174 Å². The molecular formula is C22H22Cl2N2S. The molecule has 5 heteroatoms. The summed E-state index contributed by atoms with van der Waals surface area (Å²) in [5.41, 5.74) is 13.7. The summed E-state index contributed by atoms with van der Waals surface area (Å²) in [7, 11) is 0. The first-order valence-electron chi connectivity index (χ1n) is 8.64. The fourth-order valence-corrected chi connectivity index (χ4v) is 4.36. The van der Waals surface area contributed by atoms with E-state index in [0.29, 0.717) is 5.02 Å². The third-order valence-corrected chi connectivity index (χ3v) is 6.05. The number of hydrogen-bond donors (Lipinski definition) is 2. The highest BCUT2D eigenvalue weighted by atomic mass is 35.5. The molecule has 0 bridgehead atoms. The van der Waals surface area contributed by atoms with Crippen molar-refractivity contribution in [3.8, 4) is 0 Å². The number of anilines is 1. The quantitative estimate of drug-likeness (QED) is 0.336. The number of hydrogen-bond acceptors (Lipinski definition) is 2. The Balaban J connectivity index is 1.83. The summed E-state index contributed by atoms with van der Waals surface area (Å²) in [6.45, 7) is 6.25. The zero-order valence-electron chi connectivity index (χ0n) is 15.6. The van der Waals surface area contributed by atoms with E-state index in [1.54, 1.807) is 17.8 Å². The fraction of sp³-hybridized carbons (Fsp3) is 0.182.